The molecule has 0 spiro atoms. The van der Waals surface area contributed by atoms with Gasteiger partial charge in [0.15, 0.2) is 0 Å². The van der Waals surface area contributed by atoms with E-state index in [1.54, 1.807) is 12.3 Å². The molecule has 1 aromatic carbocycles. The van der Waals surface area contributed by atoms with Gasteiger partial charge in [0.25, 0.3) is 0 Å². The molecule has 0 aliphatic rings. The third-order valence-corrected chi connectivity index (χ3v) is 3.74. The second kappa shape index (κ2) is 6.69. The van der Waals surface area contributed by atoms with E-state index in [9.17, 15) is 0 Å². The molecule has 1 heterocycles. The second-order valence-corrected chi connectivity index (χ2v) is 5.23. The van der Waals surface area contributed by atoms with Crippen LogP contribution in [0.1, 0.15) is 16.8 Å². The number of para-hydroxylation sites is 1. The summed E-state index contributed by atoms with van der Waals surface area (Å²) in [5, 5.41) is 9.53. The lowest BCUT2D eigenvalue weighted by Crippen LogP contribution is -1.99. The molecule has 0 fully saturated rings. The lowest BCUT2D eigenvalue weighted by atomic mass is 10.2. The van der Waals surface area contributed by atoms with Crippen LogP contribution in [-0.4, -0.2) is 4.98 Å². The Morgan fingerprint density at radius 2 is 2.16 bits per heavy atom. The SMILES string of the molecule is N#Cc1cc(COc2c(Br)cccc2CBr)ccn1. The fourth-order valence-electron chi connectivity index (χ4n) is 1.60. The highest BCUT2D eigenvalue weighted by atomic mass is 79.9. The van der Waals surface area contributed by atoms with Gasteiger partial charge in [-0.15, -0.1) is 0 Å². The quantitative estimate of drug-likeness (QED) is 0.746. The number of hydrogen-bond acceptors (Lipinski definition) is 3. The lowest BCUT2D eigenvalue weighted by molar-refractivity contribution is 0.302. The fourth-order valence-corrected chi connectivity index (χ4v) is 2.56. The van der Waals surface area contributed by atoms with Crippen molar-refractivity contribution in [3.63, 3.8) is 0 Å². The summed E-state index contributed by atoms with van der Waals surface area (Å²) in [7, 11) is 0. The highest BCUT2D eigenvalue weighted by molar-refractivity contribution is 9.10. The van der Waals surface area contributed by atoms with Crippen LogP contribution in [0.25, 0.3) is 0 Å². The normalized spacial score (nSPS) is 9.95. The average Bonchev–Trinajstić information content (AvgIpc) is 2.46. The Bertz CT molecular complexity index is 623. The van der Waals surface area contributed by atoms with E-state index in [0.717, 1.165) is 26.7 Å². The van der Waals surface area contributed by atoms with Gasteiger partial charge >= 0.3 is 0 Å². The van der Waals surface area contributed by atoms with Gasteiger partial charge < -0.3 is 4.74 Å². The van der Waals surface area contributed by atoms with Crippen LogP contribution in [0, 0.1) is 11.3 Å². The summed E-state index contributed by atoms with van der Waals surface area (Å²) in [4.78, 5) is 3.93. The van der Waals surface area contributed by atoms with Crippen molar-refractivity contribution in [1.29, 1.82) is 5.26 Å². The number of alkyl halides is 1. The van der Waals surface area contributed by atoms with Crippen LogP contribution < -0.4 is 4.74 Å². The Balaban J connectivity index is 2.17. The van der Waals surface area contributed by atoms with Crippen molar-refractivity contribution in [3.8, 4) is 11.8 Å². The topological polar surface area (TPSA) is 45.9 Å². The molecule has 0 atom stereocenters. The van der Waals surface area contributed by atoms with Crippen LogP contribution in [0.3, 0.4) is 0 Å². The number of halogens is 2. The maximum Gasteiger partial charge on any atom is 0.140 e. The minimum absolute atomic E-state index is 0.397. The minimum atomic E-state index is 0.397. The molecule has 0 radical (unpaired) electrons. The largest absolute Gasteiger partial charge is 0.487 e. The van der Waals surface area contributed by atoms with Crippen LogP contribution >= 0.6 is 31.9 Å². The smallest absolute Gasteiger partial charge is 0.140 e. The summed E-state index contributed by atoms with van der Waals surface area (Å²) in [5.41, 5.74) is 2.39. The van der Waals surface area contributed by atoms with Gasteiger partial charge in [-0.1, -0.05) is 28.1 Å². The van der Waals surface area contributed by atoms with Crippen LogP contribution in [-0.2, 0) is 11.9 Å². The number of benzene rings is 1. The van der Waals surface area contributed by atoms with E-state index < -0.39 is 0 Å². The third-order valence-electron chi connectivity index (χ3n) is 2.51. The van der Waals surface area contributed by atoms with E-state index in [1.807, 2.05) is 30.3 Å². The van der Waals surface area contributed by atoms with E-state index >= 15 is 0 Å². The average molecular weight is 382 g/mol. The van der Waals surface area contributed by atoms with Gasteiger partial charge in [0.2, 0.25) is 0 Å². The highest BCUT2D eigenvalue weighted by Crippen LogP contribution is 2.31. The molecule has 0 N–H and O–H groups in total. The molecule has 2 rings (SSSR count). The Morgan fingerprint density at radius 1 is 1.32 bits per heavy atom. The van der Waals surface area contributed by atoms with E-state index in [4.69, 9.17) is 10.00 Å². The molecule has 19 heavy (non-hydrogen) atoms. The molecule has 0 unspecified atom stereocenters. The van der Waals surface area contributed by atoms with Gasteiger partial charge in [0, 0.05) is 17.1 Å². The van der Waals surface area contributed by atoms with Gasteiger partial charge in [-0.05, 0) is 39.7 Å². The van der Waals surface area contributed by atoms with Crippen molar-refractivity contribution in [1.82, 2.24) is 4.98 Å². The first kappa shape index (κ1) is 14.0. The van der Waals surface area contributed by atoms with Gasteiger partial charge in [0.1, 0.15) is 24.1 Å². The van der Waals surface area contributed by atoms with Gasteiger partial charge in [-0.3, -0.25) is 0 Å². The molecule has 0 aliphatic carbocycles. The zero-order valence-electron chi connectivity index (χ0n) is 9.94. The number of ether oxygens (including phenoxy) is 1. The Morgan fingerprint density at radius 3 is 2.89 bits per heavy atom. The van der Waals surface area contributed by atoms with Gasteiger partial charge in [-0.2, -0.15) is 5.26 Å². The molecule has 3 nitrogen and oxygen atoms in total. The molecular formula is C14H10Br2N2O. The van der Waals surface area contributed by atoms with E-state index in [1.165, 1.54) is 0 Å². The first-order valence-electron chi connectivity index (χ1n) is 5.55. The molecule has 0 amide bonds. The van der Waals surface area contributed by atoms with Crippen molar-refractivity contribution in [2.75, 3.05) is 0 Å². The van der Waals surface area contributed by atoms with Crippen molar-refractivity contribution in [3.05, 3.63) is 57.8 Å². The van der Waals surface area contributed by atoms with Gasteiger partial charge in [0.05, 0.1) is 4.47 Å². The van der Waals surface area contributed by atoms with Crippen molar-refractivity contribution in [2.45, 2.75) is 11.9 Å². The summed E-state index contributed by atoms with van der Waals surface area (Å²) in [5.74, 6) is 0.815. The molecule has 0 bridgehead atoms. The fraction of sp³-hybridized carbons (Fsp3) is 0.143. The number of nitriles is 1. The van der Waals surface area contributed by atoms with Crippen LogP contribution in [0.15, 0.2) is 41.0 Å². The summed E-state index contributed by atoms with van der Waals surface area (Å²) in [6.45, 7) is 0.403. The summed E-state index contributed by atoms with van der Waals surface area (Å²) in [6, 6.07) is 11.5. The van der Waals surface area contributed by atoms with Crippen LogP contribution in [0.4, 0.5) is 0 Å². The summed E-state index contributed by atoms with van der Waals surface area (Å²) in [6.07, 6.45) is 1.61. The standard InChI is InChI=1S/C14H10Br2N2O/c15-7-11-2-1-3-13(16)14(11)19-9-10-4-5-18-12(6-10)8-17/h1-6H,7,9H2. The molecule has 0 saturated heterocycles. The predicted octanol–water partition coefficient (Wildman–Crippen LogP) is 4.19. The van der Waals surface area contributed by atoms with E-state index in [0.29, 0.717) is 12.3 Å². The van der Waals surface area contributed by atoms with Crippen LogP contribution in [0.5, 0.6) is 5.75 Å². The Kier molecular flexibility index (Phi) is 4.94. The number of aromatic nitrogens is 1. The zero-order valence-corrected chi connectivity index (χ0v) is 13.1. The zero-order chi connectivity index (χ0) is 13.7. The monoisotopic (exact) mass is 380 g/mol. The second-order valence-electron chi connectivity index (χ2n) is 3.81. The highest BCUT2D eigenvalue weighted by Gasteiger charge is 2.07. The van der Waals surface area contributed by atoms with E-state index in [-0.39, 0.29) is 0 Å². The number of rotatable bonds is 4. The molecule has 5 heteroatoms. The molecule has 0 aliphatic heterocycles. The molecule has 0 saturated carbocycles. The predicted molar refractivity (Wildman–Crippen MR) is 80.1 cm³/mol. The molecule has 2 aromatic rings. The maximum absolute atomic E-state index is 8.81. The number of nitrogens with zero attached hydrogens (tertiary/aromatic N) is 2. The van der Waals surface area contributed by atoms with Crippen molar-refractivity contribution in [2.24, 2.45) is 0 Å². The van der Waals surface area contributed by atoms with E-state index in [2.05, 4.69) is 36.8 Å². The molecule has 1 aromatic heterocycles. The first-order chi connectivity index (χ1) is 9.24. The van der Waals surface area contributed by atoms with Gasteiger partial charge in [-0.25, -0.2) is 4.98 Å². The Hall–Kier alpha value is -1.38. The minimum Gasteiger partial charge on any atom is -0.487 e. The van der Waals surface area contributed by atoms with Crippen molar-refractivity contribution < 1.29 is 4.74 Å². The number of hydrogen-bond donors (Lipinski definition) is 0. The van der Waals surface area contributed by atoms with Crippen LogP contribution in [0.2, 0.25) is 0 Å². The summed E-state index contributed by atoms with van der Waals surface area (Å²) >= 11 is 6.92. The maximum atomic E-state index is 8.81. The first-order valence-corrected chi connectivity index (χ1v) is 7.47. The Labute approximate surface area is 128 Å². The third kappa shape index (κ3) is 3.55. The van der Waals surface area contributed by atoms with Crippen molar-refractivity contribution >= 4 is 31.9 Å². The molecule has 96 valence electrons. The molecular weight excluding hydrogens is 372 g/mol. The lowest BCUT2D eigenvalue weighted by Gasteiger charge is -2.12. The number of pyridine rings is 1. The summed E-state index contributed by atoms with van der Waals surface area (Å²) < 4.78 is 6.75.